The van der Waals surface area contributed by atoms with Gasteiger partial charge in [0.2, 0.25) is 0 Å². The molecule has 1 atom stereocenters. The number of hydrogen-bond acceptors (Lipinski definition) is 1. The van der Waals surface area contributed by atoms with Crippen molar-refractivity contribution in [2.75, 3.05) is 4.90 Å². The van der Waals surface area contributed by atoms with Crippen molar-refractivity contribution in [1.29, 1.82) is 5.41 Å². The summed E-state index contributed by atoms with van der Waals surface area (Å²) in [7, 11) is 0. The summed E-state index contributed by atoms with van der Waals surface area (Å²) in [5, 5.41) is 10.9. The van der Waals surface area contributed by atoms with Gasteiger partial charge in [-0.1, -0.05) is 43.7 Å². The first-order valence-electron chi connectivity index (χ1n) is 6.64. The van der Waals surface area contributed by atoms with Crippen LogP contribution in [0.2, 0.25) is 0 Å². The Morgan fingerprint density at radius 1 is 1.17 bits per heavy atom. The Hall–Kier alpha value is -1.83. The molecule has 0 bridgehead atoms. The summed E-state index contributed by atoms with van der Waals surface area (Å²) in [4.78, 5) is 2.18. The van der Waals surface area contributed by atoms with Gasteiger partial charge in [-0.15, -0.1) is 0 Å². The number of rotatable bonds is 3. The Morgan fingerprint density at radius 2 is 1.89 bits per heavy atom. The third kappa shape index (κ3) is 1.45. The quantitative estimate of drug-likeness (QED) is 0.853. The highest BCUT2D eigenvalue weighted by Gasteiger charge is 2.29. The van der Waals surface area contributed by atoms with E-state index in [4.69, 9.17) is 5.41 Å². The van der Waals surface area contributed by atoms with Crippen LogP contribution in [0.1, 0.15) is 32.3 Å². The molecule has 2 aromatic carbocycles. The van der Waals surface area contributed by atoms with Crippen LogP contribution < -0.4 is 4.90 Å². The molecule has 0 spiro atoms. The molecule has 0 saturated carbocycles. The standard InChI is InChI=1S/C16H18N2/c1-3-6-11(2)18-14-10-5-8-12-7-4-9-13(15(12)14)16(18)17/h4-5,7-11,17H,3,6H2,1-2H3. The molecule has 18 heavy (non-hydrogen) atoms. The highest BCUT2D eigenvalue weighted by molar-refractivity contribution is 6.26. The largest absolute Gasteiger partial charge is 0.323 e. The molecule has 0 fully saturated rings. The monoisotopic (exact) mass is 238 g/mol. The van der Waals surface area contributed by atoms with Gasteiger partial charge in [-0.25, -0.2) is 0 Å². The maximum absolute atomic E-state index is 8.41. The molecule has 0 radical (unpaired) electrons. The van der Waals surface area contributed by atoms with Gasteiger partial charge in [0.1, 0.15) is 5.84 Å². The lowest BCUT2D eigenvalue weighted by Crippen LogP contribution is -2.35. The normalized spacial score (nSPS) is 15.4. The van der Waals surface area contributed by atoms with E-state index in [-0.39, 0.29) is 0 Å². The predicted octanol–water partition coefficient (Wildman–Crippen LogP) is 4.17. The molecule has 1 heterocycles. The number of nitrogens with zero attached hydrogens (tertiary/aromatic N) is 1. The molecule has 1 aliphatic rings. The van der Waals surface area contributed by atoms with Crippen LogP contribution >= 0.6 is 0 Å². The van der Waals surface area contributed by atoms with Crippen molar-refractivity contribution in [2.45, 2.75) is 32.7 Å². The van der Waals surface area contributed by atoms with Crippen molar-refractivity contribution in [2.24, 2.45) is 0 Å². The summed E-state index contributed by atoms with van der Waals surface area (Å²) in [5.41, 5.74) is 2.28. The first-order chi connectivity index (χ1) is 8.74. The Bertz CT molecular complexity index is 610. The molecule has 2 heteroatoms. The molecule has 0 aliphatic carbocycles. The Labute approximate surface area is 108 Å². The molecule has 92 valence electrons. The summed E-state index contributed by atoms with van der Waals surface area (Å²) in [6.07, 6.45) is 2.27. The molecule has 0 amide bonds. The Kier molecular flexibility index (Phi) is 2.58. The van der Waals surface area contributed by atoms with Crippen LogP contribution in [0.3, 0.4) is 0 Å². The minimum Gasteiger partial charge on any atom is -0.323 e. The molecular formula is C16H18N2. The fraction of sp³-hybridized carbons (Fsp3) is 0.312. The van der Waals surface area contributed by atoms with E-state index in [2.05, 4.69) is 49.1 Å². The van der Waals surface area contributed by atoms with Gasteiger partial charge in [0, 0.05) is 17.0 Å². The highest BCUT2D eigenvalue weighted by atomic mass is 15.2. The lowest BCUT2D eigenvalue weighted by Gasteiger charge is -2.27. The molecule has 0 aromatic heterocycles. The van der Waals surface area contributed by atoms with E-state index in [0.29, 0.717) is 11.9 Å². The van der Waals surface area contributed by atoms with E-state index in [1.165, 1.54) is 16.5 Å². The van der Waals surface area contributed by atoms with Crippen molar-refractivity contribution in [3.8, 4) is 0 Å². The van der Waals surface area contributed by atoms with Crippen molar-refractivity contribution in [3.05, 3.63) is 42.0 Å². The number of amidine groups is 1. The highest BCUT2D eigenvalue weighted by Crippen LogP contribution is 2.38. The van der Waals surface area contributed by atoms with Crippen LogP contribution in [0.5, 0.6) is 0 Å². The zero-order valence-electron chi connectivity index (χ0n) is 10.9. The first kappa shape index (κ1) is 11.3. The van der Waals surface area contributed by atoms with Gasteiger partial charge in [-0.05, 0) is 24.8 Å². The van der Waals surface area contributed by atoms with Crippen molar-refractivity contribution >= 4 is 22.3 Å². The Morgan fingerprint density at radius 3 is 2.61 bits per heavy atom. The van der Waals surface area contributed by atoms with E-state index >= 15 is 0 Å². The van der Waals surface area contributed by atoms with Gasteiger partial charge in [-0.2, -0.15) is 0 Å². The van der Waals surface area contributed by atoms with E-state index in [9.17, 15) is 0 Å². The van der Waals surface area contributed by atoms with Gasteiger partial charge in [0.05, 0.1) is 5.69 Å². The topological polar surface area (TPSA) is 27.1 Å². The smallest absolute Gasteiger partial charge is 0.133 e. The van der Waals surface area contributed by atoms with E-state index in [1.54, 1.807) is 0 Å². The minimum absolute atomic E-state index is 0.389. The minimum atomic E-state index is 0.389. The van der Waals surface area contributed by atoms with Crippen molar-refractivity contribution in [1.82, 2.24) is 0 Å². The van der Waals surface area contributed by atoms with Gasteiger partial charge in [-0.3, -0.25) is 5.41 Å². The number of hydrogen-bond donors (Lipinski definition) is 1. The van der Waals surface area contributed by atoms with Crippen LogP contribution in [-0.4, -0.2) is 11.9 Å². The molecule has 2 aromatic rings. The molecule has 2 nitrogen and oxygen atoms in total. The van der Waals surface area contributed by atoms with Crippen molar-refractivity contribution in [3.63, 3.8) is 0 Å². The van der Waals surface area contributed by atoms with Gasteiger partial charge in [0.15, 0.2) is 0 Å². The Balaban J connectivity index is 2.19. The van der Waals surface area contributed by atoms with Crippen LogP contribution in [0.4, 0.5) is 5.69 Å². The lowest BCUT2D eigenvalue weighted by atomic mass is 10.1. The van der Waals surface area contributed by atoms with Gasteiger partial charge >= 0.3 is 0 Å². The molecular weight excluding hydrogens is 220 g/mol. The number of nitrogens with one attached hydrogen (secondary N) is 1. The van der Waals surface area contributed by atoms with E-state index < -0.39 is 0 Å². The molecule has 1 aliphatic heterocycles. The third-order valence-electron chi connectivity index (χ3n) is 3.79. The predicted molar refractivity (Wildman–Crippen MR) is 77.6 cm³/mol. The first-order valence-corrected chi connectivity index (χ1v) is 6.64. The lowest BCUT2D eigenvalue weighted by molar-refractivity contribution is 0.646. The number of anilines is 1. The fourth-order valence-corrected chi connectivity index (χ4v) is 2.97. The van der Waals surface area contributed by atoms with E-state index in [0.717, 1.165) is 18.4 Å². The van der Waals surface area contributed by atoms with Crippen LogP contribution in [0.25, 0.3) is 10.8 Å². The molecule has 1 unspecified atom stereocenters. The summed E-state index contributed by atoms with van der Waals surface area (Å²) in [6, 6.07) is 13.0. The van der Waals surface area contributed by atoms with Crippen molar-refractivity contribution < 1.29 is 0 Å². The maximum Gasteiger partial charge on any atom is 0.133 e. The van der Waals surface area contributed by atoms with E-state index in [1.807, 2.05) is 6.07 Å². The zero-order chi connectivity index (χ0) is 12.7. The SMILES string of the molecule is CCCC(C)N1C(=N)c2cccc3cccc1c23. The number of benzene rings is 2. The molecule has 3 rings (SSSR count). The van der Waals surface area contributed by atoms with Gasteiger partial charge < -0.3 is 4.90 Å². The second-order valence-electron chi connectivity index (χ2n) is 5.04. The van der Waals surface area contributed by atoms with Crippen LogP contribution in [0.15, 0.2) is 36.4 Å². The summed E-state index contributed by atoms with van der Waals surface area (Å²) in [5.74, 6) is 0.655. The summed E-state index contributed by atoms with van der Waals surface area (Å²) in [6.45, 7) is 4.41. The van der Waals surface area contributed by atoms with Crippen LogP contribution in [-0.2, 0) is 0 Å². The summed E-state index contributed by atoms with van der Waals surface area (Å²) < 4.78 is 0. The summed E-state index contributed by atoms with van der Waals surface area (Å²) >= 11 is 0. The second-order valence-corrected chi connectivity index (χ2v) is 5.04. The molecule has 0 saturated heterocycles. The zero-order valence-corrected chi connectivity index (χ0v) is 10.9. The maximum atomic E-state index is 8.41. The average molecular weight is 238 g/mol. The average Bonchev–Trinajstić information content (AvgIpc) is 2.66. The second kappa shape index (κ2) is 4.13. The fourth-order valence-electron chi connectivity index (χ4n) is 2.97. The van der Waals surface area contributed by atoms with Crippen LogP contribution in [0, 0.1) is 5.41 Å². The van der Waals surface area contributed by atoms with Gasteiger partial charge in [0.25, 0.3) is 0 Å². The molecule has 1 N–H and O–H groups in total. The third-order valence-corrected chi connectivity index (χ3v) is 3.79.